The Kier molecular flexibility index (Phi) is 4.06. The van der Waals surface area contributed by atoms with Gasteiger partial charge in [-0.1, -0.05) is 13.8 Å². The van der Waals surface area contributed by atoms with Gasteiger partial charge in [0.15, 0.2) is 11.3 Å². The second-order valence-electron chi connectivity index (χ2n) is 6.89. The molecule has 4 rings (SSSR count). The van der Waals surface area contributed by atoms with Crippen LogP contribution in [0.3, 0.4) is 0 Å². The molecule has 1 fully saturated rings. The van der Waals surface area contributed by atoms with Crippen LogP contribution in [-0.2, 0) is 0 Å². The Hall–Kier alpha value is -2.96. The summed E-state index contributed by atoms with van der Waals surface area (Å²) in [6.45, 7) is 6.16. The second-order valence-corrected chi connectivity index (χ2v) is 6.89. The van der Waals surface area contributed by atoms with Crippen LogP contribution >= 0.6 is 0 Å². The molecule has 1 N–H and O–H groups in total. The summed E-state index contributed by atoms with van der Waals surface area (Å²) in [6, 6.07) is 7.21. The molecule has 3 aromatic rings. The summed E-state index contributed by atoms with van der Waals surface area (Å²) in [5.41, 5.74) is 2.33. The van der Waals surface area contributed by atoms with Crippen LogP contribution in [0.1, 0.15) is 48.8 Å². The number of nitrogens with zero attached hydrogens (tertiary/aromatic N) is 5. The zero-order valence-electron chi connectivity index (χ0n) is 14.9. The predicted molar refractivity (Wildman–Crippen MR) is 99.2 cm³/mol. The highest BCUT2D eigenvalue weighted by atomic mass is 16.4. The number of aromatic nitrogens is 4. The molecule has 0 amide bonds. The smallest absolute Gasteiger partial charge is 0.354 e. The maximum Gasteiger partial charge on any atom is 0.354 e. The fourth-order valence-electron chi connectivity index (χ4n) is 3.40. The van der Waals surface area contributed by atoms with Crippen LogP contribution in [0.15, 0.2) is 30.5 Å². The van der Waals surface area contributed by atoms with Gasteiger partial charge in [-0.25, -0.2) is 19.4 Å². The summed E-state index contributed by atoms with van der Waals surface area (Å²) in [4.78, 5) is 22.4. The van der Waals surface area contributed by atoms with Gasteiger partial charge in [0.05, 0.1) is 11.4 Å². The zero-order chi connectivity index (χ0) is 18.3. The Labute approximate surface area is 151 Å². The van der Waals surface area contributed by atoms with Crippen molar-refractivity contribution >= 4 is 22.8 Å². The Morgan fingerprint density at radius 2 is 1.96 bits per heavy atom. The molecule has 0 aromatic carbocycles. The number of hydrogen-bond donors (Lipinski definition) is 1. The minimum Gasteiger partial charge on any atom is -0.477 e. The molecule has 7 heteroatoms. The summed E-state index contributed by atoms with van der Waals surface area (Å²) in [7, 11) is 0. The highest BCUT2D eigenvalue weighted by molar-refractivity contribution is 5.90. The lowest BCUT2D eigenvalue weighted by atomic mass is 10.1. The molecule has 0 unspecified atom stereocenters. The molecule has 0 radical (unpaired) electrons. The number of rotatable bonds is 4. The number of carboxylic acid groups (broad SMARTS) is 1. The molecule has 1 aliphatic heterocycles. The molecule has 3 aromatic heterocycles. The van der Waals surface area contributed by atoms with E-state index in [1.165, 1.54) is 18.9 Å². The largest absolute Gasteiger partial charge is 0.477 e. The van der Waals surface area contributed by atoms with Crippen LogP contribution in [-0.4, -0.2) is 43.9 Å². The van der Waals surface area contributed by atoms with Gasteiger partial charge in [-0.2, -0.15) is 5.10 Å². The van der Waals surface area contributed by atoms with Gasteiger partial charge in [0, 0.05) is 30.7 Å². The van der Waals surface area contributed by atoms with Gasteiger partial charge in [0.1, 0.15) is 5.82 Å². The molecule has 1 aliphatic rings. The van der Waals surface area contributed by atoms with Crippen LogP contribution < -0.4 is 4.90 Å². The van der Waals surface area contributed by atoms with Gasteiger partial charge in [0.25, 0.3) is 0 Å². The average molecular weight is 351 g/mol. The van der Waals surface area contributed by atoms with Crippen molar-refractivity contribution in [2.75, 3.05) is 18.0 Å². The van der Waals surface area contributed by atoms with E-state index in [2.05, 4.69) is 28.7 Å². The van der Waals surface area contributed by atoms with Gasteiger partial charge in [0.2, 0.25) is 0 Å². The van der Waals surface area contributed by atoms with Crippen LogP contribution in [0, 0.1) is 0 Å². The van der Waals surface area contributed by atoms with E-state index in [1.54, 1.807) is 16.9 Å². The van der Waals surface area contributed by atoms with Crippen molar-refractivity contribution in [3.63, 3.8) is 0 Å². The van der Waals surface area contributed by atoms with E-state index in [9.17, 15) is 9.90 Å². The third kappa shape index (κ3) is 2.79. The van der Waals surface area contributed by atoms with Crippen molar-refractivity contribution in [3.05, 3.63) is 41.9 Å². The first-order valence-corrected chi connectivity index (χ1v) is 8.89. The number of anilines is 1. The maximum atomic E-state index is 11.4. The monoisotopic (exact) mass is 351 g/mol. The van der Waals surface area contributed by atoms with E-state index in [-0.39, 0.29) is 11.6 Å². The predicted octanol–water partition coefficient (Wildman–Crippen LogP) is 3.24. The molecule has 7 nitrogen and oxygen atoms in total. The second kappa shape index (κ2) is 6.40. The molecule has 0 bridgehead atoms. The molecule has 0 spiro atoms. The zero-order valence-corrected chi connectivity index (χ0v) is 14.9. The van der Waals surface area contributed by atoms with E-state index < -0.39 is 5.97 Å². The molecule has 26 heavy (non-hydrogen) atoms. The third-order valence-corrected chi connectivity index (χ3v) is 4.73. The number of fused-ring (bicyclic) bond motifs is 1. The molecule has 0 saturated carbocycles. The first-order valence-electron chi connectivity index (χ1n) is 8.89. The number of carbonyl (C=O) groups is 1. The fraction of sp³-hybridized carbons (Fsp3) is 0.368. The fourth-order valence-corrected chi connectivity index (χ4v) is 3.40. The first kappa shape index (κ1) is 16.5. The normalized spacial score (nSPS) is 14.5. The minimum atomic E-state index is -1.04. The van der Waals surface area contributed by atoms with Crippen LogP contribution in [0.2, 0.25) is 0 Å². The van der Waals surface area contributed by atoms with E-state index >= 15 is 0 Å². The van der Waals surface area contributed by atoms with Crippen molar-refractivity contribution < 1.29 is 9.90 Å². The molecular weight excluding hydrogens is 330 g/mol. The SMILES string of the molecule is CC(C)c1nn(-c2ccnc(N3CCCC3)c2)c2nc(C(=O)O)ccc12. The molecular formula is C19H21N5O2. The first-order chi connectivity index (χ1) is 12.5. The van der Waals surface area contributed by atoms with Crippen LogP contribution in [0.5, 0.6) is 0 Å². The highest BCUT2D eigenvalue weighted by Gasteiger charge is 2.19. The Morgan fingerprint density at radius 3 is 2.65 bits per heavy atom. The molecule has 0 aliphatic carbocycles. The van der Waals surface area contributed by atoms with E-state index in [0.29, 0.717) is 5.65 Å². The number of aromatic carboxylic acids is 1. The van der Waals surface area contributed by atoms with Gasteiger partial charge in [-0.05, 0) is 37.0 Å². The van der Waals surface area contributed by atoms with Gasteiger partial charge in [-0.3, -0.25) is 0 Å². The Balaban J connectivity index is 1.88. The highest BCUT2D eigenvalue weighted by Crippen LogP contribution is 2.28. The van der Waals surface area contributed by atoms with Crippen molar-refractivity contribution in [2.45, 2.75) is 32.6 Å². The molecule has 4 heterocycles. The summed E-state index contributed by atoms with van der Waals surface area (Å²) in [6.07, 6.45) is 4.13. The van der Waals surface area contributed by atoms with Gasteiger partial charge >= 0.3 is 5.97 Å². The lowest BCUT2D eigenvalue weighted by molar-refractivity contribution is 0.0691. The average Bonchev–Trinajstić information content (AvgIpc) is 3.29. The maximum absolute atomic E-state index is 11.4. The van der Waals surface area contributed by atoms with Crippen LogP contribution in [0.4, 0.5) is 5.82 Å². The molecule has 0 atom stereocenters. The van der Waals surface area contributed by atoms with E-state index in [0.717, 1.165) is 35.7 Å². The lowest BCUT2D eigenvalue weighted by Gasteiger charge is -2.16. The third-order valence-electron chi connectivity index (χ3n) is 4.73. The van der Waals surface area contributed by atoms with Crippen LogP contribution in [0.25, 0.3) is 16.7 Å². The van der Waals surface area contributed by atoms with Crippen molar-refractivity contribution in [1.29, 1.82) is 0 Å². The van der Waals surface area contributed by atoms with E-state index in [1.807, 2.05) is 12.1 Å². The Morgan fingerprint density at radius 1 is 1.19 bits per heavy atom. The van der Waals surface area contributed by atoms with Gasteiger partial charge < -0.3 is 10.0 Å². The number of hydrogen-bond acceptors (Lipinski definition) is 5. The standard InChI is InChI=1S/C19H21N5O2/c1-12(2)17-14-5-6-15(19(25)26)21-18(14)24(22-17)13-7-8-20-16(11-13)23-9-3-4-10-23/h5-8,11-12H,3-4,9-10H2,1-2H3,(H,25,26). The Bertz CT molecular complexity index is 973. The minimum absolute atomic E-state index is 0.0165. The quantitative estimate of drug-likeness (QED) is 0.777. The summed E-state index contributed by atoms with van der Waals surface area (Å²) in [5.74, 6) is 0.0819. The van der Waals surface area contributed by atoms with Crippen molar-refractivity contribution in [2.24, 2.45) is 0 Å². The summed E-state index contributed by atoms with van der Waals surface area (Å²) < 4.78 is 1.73. The molecule has 1 saturated heterocycles. The van der Waals surface area contributed by atoms with Crippen molar-refractivity contribution in [3.8, 4) is 5.69 Å². The number of pyridine rings is 2. The van der Waals surface area contributed by atoms with Gasteiger partial charge in [-0.15, -0.1) is 0 Å². The van der Waals surface area contributed by atoms with Crippen molar-refractivity contribution in [1.82, 2.24) is 19.7 Å². The summed E-state index contributed by atoms with van der Waals surface area (Å²) >= 11 is 0. The lowest BCUT2D eigenvalue weighted by Crippen LogP contribution is -2.19. The topological polar surface area (TPSA) is 84.1 Å². The molecule has 134 valence electrons. The number of carboxylic acids is 1. The summed E-state index contributed by atoms with van der Waals surface area (Å²) in [5, 5.41) is 14.9. The van der Waals surface area contributed by atoms with E-state index in [4.69, 9.17) is 5.10 Å².